The van der Waals surface area contributed by atoms with E-state index in [1.165, 1.54) is 13.3 Å². The Morgan fingerprint density at radius 3 is 2.29 bits per heavy atom. The Kier molecular flexibility index (Phi) is 13.4. The van der Waals surface area contributed by atoms with Crippen LogP contribution in [0.5, 0.6) is 0 Å². The minimum atomic E-state index is -0.00814. The van der Waals surface area contributed by atoms with Crippen LogP contribution in [0.15, 0.2) is 18.5 Å². The molecule has 0 bridgehead atoms. The third-order valence-corrected chi connectivity index (χ3v) is 1.66. The highest BCUT2D eigenvalue weighted by atomic mass is 16.1. The van der Waals surface area contributed by atoms with E-state index in [-0.39, 0.29) is 5.91 Å². The van der Waals surface area contributed by atoms with Crippen LogP contribution < -0.4 is 5.32 Å². The number of carbonyl (C=O) groups excluding carboxylic acids is 1. The number of amides is 1. The van der Waals surface area contributed by atoms with Crippen molar-refractivity contribution in [3.05, 3.63) is 29.6 Å². The van der Waals surface area contributed by atoms with E-state index >= 15 is 0 Å². The Bertz CT molecular complexity index is 298. The maximum Gasteiger partial charge on any atom is 0.217 e. The van der Waals surface area contributed by atoms with Crippen LogP contribution in [0.25, 0.3) is 0 Å². The Labute approximate surface area is 106 Å². The minimum Gasteiger partial charge on any atom is -0.352 e. The molecule has 3 heteroatoms. The molecule has 0 aliphatic heterocycles. The number of aryl methyl sites for hydroxylation is 1. The van der Waals surface area contributed by atoms with Crippen LogP contribution in [-0.4, -0.2) is 10.9 Å². The van der Waals surface area contributed by atoms with Gasteiger partial charge in [0.15, 0.2) is 0 Å². The predicted octanol–water partition coefficient (Wildman–Crippen LogP) is 3.47. The van der Waals surface area contributed by atoms with Gasteiger partial charge in [0.2, 0.25) is 5.91 Å². The average Bonchev–Trinajstić information content (AvgIpc) is 2.31. The molecular formula is C14H26N2O. The molecule has 0 radical (unpaired) electrons. The van der Waals surface area contributed by atoms with Gasteiger partial charge >= 0.3 is 0 Å². The molecule has 0 aliphatic carbocycles. The van der Waals surface area contributed by atoms with Crippen molar-refractivity contribution in [3.8, 4) is 0 Å². The zero-order valence-electron chi connectivity index (χ0n) is 12.0. The normalized spacial score (nSPS) is 8.12. The molecule has 0 saturated heterocycles. The summed E-state index contributed by atoms with van der Waals surface area (Å²) < 4.78 is 0. The zero-order valence-corrected chi connectivity index (χ0v) is 12.0. The van der Waals surface area contributed by atoms with Crippen molar-refractivity contribution in [2.45, 2.75) is 54.5 Å². The second-order valence-corrected chi connectivity index (χ2v) is 3.42. The lowest BCUT2D eigenvalue weighted by atomic mass is 10.1. The van der Waals surface area contributed by atoms with E-state index in [2.05, 4.69) is 24.1 Å². The standard InChI is InChI=1S/C9H12N2O.C3H8.C2H6/c1-7-5-10-4-3-9(7)6-11-8(2)12;1-3-2;1-2/h3-5H,6H2,1-2H3,(H,11,12);3H2,1-2H3;1-2H3. The lowest BCUT2D eigenvalue weighted by Gasteiger charge is -2.04. The SMILES string of the molecule is CC.CC(=O)NCc1ccncc1C.CCC. The van der Waals surface area contributed by atoms with Crippen LogP contribution in [0.4, 0.5) is 0 Å². The number of aromatic nitrogens is 1. The van der Waals surface area contributed by atoms with Gasteiger partial charge in [0.25, 0.3) is 0 Å². The Balaban J connectivity index is 0. The largest absolute Gasteiger partial charge is 0.352 e. The van der Waals surface area contributed by atoms with Crippen LogP contribution in [0.1, 0.15) is 52.2 Å². The lowest BCUT2D eigenvalue weighted by molar-refractivity contribution is -0.119. The molecule has 1 aromatic rings. The first kappa shape index (κ1) is 18.0. The number of nitrogens with zero attached hydrogens (tertiary/aromatic N) is 1. The first-order valence-corrected chi connectivity index (χ1v) is 6.25. The van der Waals surface area contributed by atoms with Crippen molar-refractivity contribution in [1.82, 2.24) is 10.3 Å². The summed E-state index contributed by atoms with van der Waals surface area (Å²) in [5, 5.41) is 2.74. The van der Waals surface area contributed by atoms with Gasteiger partial charge in [-0.2, -0.15) is 0 Å². The van der Waals surface area contributed by atoms with Crippen molar-refractivity contribution in [1.29, 1.82) is 0 Å². The van der Waals surface area contributed by atoms with Gasteiger partial charge in [0.1, 0.15) is 0 Å². The van der Waals surface area contributed by atoms with Crippen LogP contribution in [0, 0.1) is 6.92 Å². The second kappa shape index (κ2) is 12.7. The third kappa shape index (κ3) is 10.9. The molecule has 0 saturated carbocycles. The van der Waals surface area contributed by atoms with E-state index in [0.29, 0.717) is 6.54 Å². The molecule has 1 N–H and O–H groups in total. The van der Waals surface area contributed by atoms with Crippen molar-refractivity contribution < 1.29 is 4.79 Å². The summed E-state index contributed by atoms with van der Waals surface area (Å²) in [5.41, 5.74) is 2.21. The Hall–Kier alpha value is -1.38. The molecule has 98 valence electrons. The highest BCUT2D eigenvalue weighted by Crippen LogP contribution is 2.03. The van der Waals surface area contributed by atoms with E-state index in [1.807, 2.05) is 26.8 Å². The summed E-state index contributed by atoms with van der Waals surface area (Å²) in [6, 6.07) is 1.91. The molecule has 1 rings (SSSR count). The molecule has 1 heterocycles. The van der Waals surface area contributed by atoms with Gasteiger partial charge in [-0.15, -0.1) is 0 Å². The minimum absolute atomic E-state index is 0.00814. The summed E-state index contributed by atoms with van der Waals surface area (Å²) >= 11 is 0. The van der Waals surface area contributed by atoms with Gasteiger partial charge in [-0.1, -0.05) is 34.1 Å². The van der Waals surface area contributed by atoms with Gasteiger partial charge in [0, 0.05) is 25.9 Å². The van der Waals surface area contributed by atoms with Crippen LogP contribution >= 0.6 is 0 Å². The third-order valence-electron chi connectivity index (χ3n) is 1.66. The lowest BCUT2D eigenvalue weighted by Crippen LogP contribution is -2.19. The quantitative estimate of drug-likeness (QED) is 0.857. The van der Waals surface area contributed by atoms with E-state index in [0.717, 1.165) is 11.1 Å². The molecule has 0 unspecified atom stereocenters. The molecule has 1 aromatic heterocycles. The second-order valence-electron chi connectivity index (χ2n) is 3.42. The first-order chi connectivity index (χ1) is 8.11. The van der Waals surface area contributed by atoms with E-state index in [9.17, 15) is 4.79 Å². The number of hydrogen-bond donors (Lipinski definition) is 1. The first-order valence-electron chi connectivity index (χ1n) is 6.25. The average molecular weight is 238 g/mol. The summed E-state index contributed by atoms with van der Waals surface area (Å²) in [4.78, 5) is 14.6. The van der Waals surface area contributed by atoms with E-state index < -0.39 is 0 Å². The maximum absolute atomic E-state index is 10.6. The van der Waals surface area contributed by atoms with E-state index in [1.54, 1.807) is 12.4 Å². The molecule has 17 heavy (non-hydrogen) atoms. The van der Waals surface area contributed by atoms with E-state index in [4.69, 9.17) is 0 Å². The number of nitrogens with one attached hydrogen (secondary N) is 1. The van der Waals surface area contributed by atoms with Gasteiger partial charge in [0.05, 0.1) is 0 Å². The topological polar surface area (TPSA) is 42.0 Å². The van der Waals surface area contributed by atoms with Crippen molar-refractivity contribution in [2.24, 2.45) is 0 Å². The van der Waals surface area contributed by atoms with Gasteiger partial charge in [-0.25, -0.2) is 0 Å². The highest BCUT2D eigenvalue weighted by molar-refractivity contribution is 5.72. The molecular weight excluding hydrogens is 212 g/mol. The molecule has 1 amide bonds. The van der Waals surface area contributed by atoms with Crippen LogP contribution in [0.3, 0.4) is 0 Å². The summed E-state index contributed by atoms with van der Waals surface area (Å²) in [7, 11) is 0. The Morgan fingerprint density at radius 1 is 1.35 bits per heavy atom. The number of hydrogen-bond acceptors (Lipinski definition) is 2. The fraction of sp³-hybridized carbons (Fsp3) is 0.571. The highest BCUT2D eigenvalue weighted by Gasteiger charge is 1.97. The van der Waals surface area contributed by atoms with Crippen molar-refractivity contribution >= 4 is 5.91 Å². The number of rotatable bonds is 2. The van der Waals surface area contributed by atoms with Crippen LogP contribution in [-0.2, 0) is 11.3 Å². The van der Waals surface area contributed by atoms with Crippen molar-refractivity contribution in [3.63, 3.8) is 0 Å². The van der Waals surface area contributed by atoms with Gasteiger partial charge in [-0.05, 0) is 24.1 Å². The maximum atomic E-state index is 10.6. The molecule has 3 nitrogen and oxygen atoms in total. The molecule has 0 aromatic carbocycles. The fourth-order valence-electron chi connectivity index (χ4n) is 0.920. The smallest absolute Gasteiger partial charge is 0.217 e. The fourth-order valence-corrected chi connectivity index (χ4v) is 0.920. The monoisotopic (exact) mass is 238 g/mol. The molecule has 0 spiro atoms. The Morgan fingerprint density at radius 2 is 1.88 bits per heavy atom. The van der Waals surface area contributed by atoms with Gasteiger partial charge < -0.3 is 5.32 Å². The molecule has 0 aliphatic rings. The van der Waals surface area contributed by atoms with Gasteiger partial charge in [-0.3, -0.25) is 9.78 Å². The molecule has 0 fully saturated rings. The zero-order chi connectivity index (χ0) is 13.7. The predicted molar refractivity (Wildman–Crippen MR) is 73.8 cm³/mol. The van der Waals surface area contributed by atoms with Crippen molar-refractivity contribution in [2.75, 3.05) is 0 Å². The van der Waals surface area contributed by atoms with Crippen LogP contribution in [0.2, 0.25) is 0 Å². The molecule has 0 atom stereocenters. The summed E-state index contributed by atoms with van der Waals surface area (Å²) in [6.07, 6.45) is 4.77. The number of carbonyl (C=O) groups is 1. The summed E-state index contributed by atoms with van der Waals surface area (Å²) in [6.45, 7) is 12.3. The number of pyridine rings is 1. The summed E-state index contributed by atoms with van der Waals surface area (Å²) in [5.74, 6) is -0.00814.